The van der Waals surface area contributed by atoms with Crippen molar-refractivity contribution >= 4 is 11.6 Å². The monoisotopic (exact) mass is 299 g/mol. The molecule has 1 N–H and O–H groups in total. The summed E-state index contributed by atoms with van der Waals surface area (Å²) < 4.78 is 14.8. The summed E-state index contributed by atoms with van der Waals surface area (Å²) in [5, 5.41) is 7.53. The Morgan fingerprint density at radius 2 is 2.18 bits per heavy atom. The molecule has 6 heteroatoms. The number of halogens is 1. The maximum Gasteiger partial charge on any atom is 0.254 e. The first-order valence-electron chi connectivity index (χ1n) is 7.44. The molecule has 0 saturated carbocycles. The van der Waals surface area contributed by atoms with Gasteiger partial charge in [0.1, 0.15) is 18.0 Å². The highest BCUT2D eigenvalue weighted by Crippen LogP contribution is 2.12. The van der Waals surface area contributed by atoms with Gasteiger partial charge in [-0.25, -0.2) is 9.37 Å². The molecule has 0 amide bonds. The fraction of sp³-hybridized carbons (Fsp3) is 0.312. The van der Waals surface area contributed by atoms with Crippen LogP contribution in [0.2, 0.25) is 0 Å². The number of fused-ring (bicyclic) bond motifs is 1. The highest BCUT2D eigenvalue weighted by atomic mass is 19.1. The van der Waals surface area contributed by atoms with E-state index in [-0.39, 0.29) is 5.82 Å². The normalized spacial score (nSPS) is 11.0. The molecule has 0 unspecified atom stereocenters. The summed E-state index contributed by atoms with van der Waals surface area (Å²) in [5.41, 5.74) is 1.99. The van der Waals surface area contributed by atoms with Gasteiger partial charge in [0.2, 0.25) is 0 Å². The third kappa shape index (κ3) is 3.21. The first-order valence-corrected chi connectivity index (χ1v) is 7.44. The minimum atomic E-state index is -0.184. The average molecular weight is 299 g/mol. The molecule has 2 heterocycles. The van der Waals surface area contributed by atoms with E-state index in [1.165, 1.54) is 12.4 Å². The van der Waals surface area contributed by atoms with Gasteiger partial charge in [-0.3, -0.25) is 0 Å². The number of aryl methyl sites for hydroxylation is 2. The minimum Gasteiger partial charge on any atom is -0.370 e. The van der Waals surface area contributed by atoms with E-state index in [0.29, 0.717) is 5.78 Å². The summed E-state index contributed by atoms with van der Waals surface area (Å²) >= 11 is 0. The van der Waals surface area contributed by atoms with E-state index in [2.05, 4.69) is 27.3 Å². The molecule has 0 spiro atoms. The second kappa shape index (κ2) is 6.51. The zero-order valence-electron chi connectivity index (χ0n) is 12.5. The molecule has 3 rings (SSSR count). The Balaban J connectivity index is 1.63. The zero-order valence-corrected chi connectivity index (χ0v) is 12.5. The van der Waals surface area contributed by atoms with Crippen LogP contribution in [0.15, 0.2) is 36.7 Å². The van der Waals surface area contributed by atoms with Crippen molar-refractivity contribution in [3.8, 4) is 0 Å². The lowest BCUT2D eigenvalue weighted by Crippen LogP contribution is -2.09. The van der Waals surface area contributed by atoms with Crippen molar-refractivity contribution in [2.75, 3.05) is 11.9 Å². The molecule has 114 valence electrons. The molecule has 1 aromatic carbocycles. The van der Waals surface area contributed by atoms with Crippen molar-refractivity contribution < 1.29 is 4.39 Å². The highest BCUT2D eigenvalue weighted by Gasteiger charge is 2.06. The van der Waals surface area contributed by atoms with Crippen LogP contribution in [0.3, 0.4) is 0 Å². The van der Waals surface area contributed by atoms with Gasteiger partial charge in [-0.1, -0.05) is 19.1 Å². The van der Waals surface area contributed by atoms with Crippen LogP contribution in [0.1, 0.15) is 24.6 Å². The number of nitrogens with zero attached hydrogens (tertiary/aromatic N) is 4. The molecule has 0 aliphatic rings. The van der Waals surface area contributed by atoms with Gasteiger partial charge >= 0.3 is 0 Å². The number of benzene rings is 1. The number of nitrogens with one attached hydrogen (secondary N) is 1. The molecular weight excluding hydrogens is 281 g/mol. The van der Waals surface area contributed by atoms with Gasteiger partial charge in [0.15, 0.2) is 0 Å². The molecule has 0 atom stereocenters. The summed E-state index contributed by atoms with van der Waals surface area (Å²) in [7, 11) is 0. The number of hydrogen-bond acceptors (Lipinski definition) is 4. The van der Waals surface area contributed by atoms with Gasteiger partial charge in [0.05, 0.1) is 0 Å². The smallest absolute Gasteiger partial charge is 0.254 e. The molecule has 22 heavy (non-hydrogen) atoms. The Morgan fingerprint density at radius 1 is 1.27 bits per heavy atom. The first kappa shape index (κ1) is 14.4. The SMILES string of the molecule is CCc1cc(NCCCc2cccc(F)c2)n2ncnc2n1. The lowest BCUT2D eigenvalue weighted by molar-refractivity contribution is 0.624. The van der Waals surface area contributed by atoms with Gasteiger partial charge in [-0.2, -0.15) is 14.6 Å². The fourth-order valence-corrected chi connectivity index (χ4v) is 2.37. The van der Waals surface area contributed by atoms with Crippen LogP contribution in [0.4, 0.5) is 10.2 Å². The minimum absolute atomic E-state index is 0.184. The van der Waals surface area contributed by atoms with Crippen LogP contribution in [0.25, 0.3) is 5.78 Å². The predicted molar refractivity (Wildman–Crippen MR) is 83.4 cm³/mol. The third-order valence-electron chi connectivity index (χ3n) is 3.50. The first-order chi connectivity index (χ1) is 10.8. The van der Waals surface area contributed by atoms with E-state index in [9.17, 15) is 4.39 Å². The highest BCUT2D eigenvalue weighted by molar-refractivity contribution is 5.44. The van der Waals surface area contributed by atoms with Crippen LogP contribution in [0, 0.1) is 5.82 Å². The van der Waals surface area contributed by atoms with E-state index >= 15 is 0 Å². The maximum atomic E-state index is 13.1. The lowest BCUT2D eigenvalue weighted by Gasteiger charge is -2.09. The van der Waals surface area contributed by atoms with Gasteiger partial charge in [0, 0.05) is 18.3 Å². The van der Waals surface area contributed by atoms with E-state index in [4.69, 9.17) is 0 Å². The van der Waals surface area contributed by atoms with Crippen LogP contribution >= 0.6 is 0 Å². The molecule has 3 aromatic rings. The molecule has 0 aliphatic carbocycles. The second-order valence-corrected chi connectivity index (χ2v) is 5.12. The topological polar surface area (TPSA) is 55.1 Å². The van der Waals surface area contributed by atoms with E-state index in [1.54, 1.807) is 16.6 Å². The molecule has 0 saturated heterocycles. The van der Waals surface area contributed by atoms with Crippen LogP contribution in [-0.2, 0) is 12.8 Å². The van der Waals surface area contributed by atoms with Crippen molar-refractivity contribution in [2.45, 2.75) is 26.2 Å². The Labute approximate surface area is 128 Å². The van der Waals surface area contributed by atoms with Crippen molar-refractivity contribution in [2.24, 2.45) is 0 Å². The average Bonchev–Trinajstić information content (AvgIpc) is 3.00. The number of rotatable bonds is 6. The van der Waals surface area contributed by atoms with Crippen LogP contribution in [0.5, 0.6) is 0 Å². The predicted octanol–water partition coefficient (Wildman–Crippen LogP) is 2.87. The van der Waals surface area contributed by atoms with Gasteiger partial charge < -0.3 is 5.32 Å². The van der Waals surface area contributed by atoms with Crippen LogP contribution in [-0.4, -0.2) is 26.1 Å². The Bertz CT molecular complexity index is 768. The van der Waals surface area contributed by atoms with Crippen molar-refractivity contribution in [3.63, 3.8) is 0 Å². The Morgan fingerprint density at radius 3 is 3.00 bits per heavy atom. The van der Waals surface area contributed by atoms with E-state index < -0.39 is 0 Å². The van der Waals surface area contributed by atoms with Gasteiger partial charge in [-0.15, -0.1) is 0 Å². The summed E-state index contributed by atoms with van der Waals surface area (Å²) in [6.45, 7) is 2.83. The van der Waals surface area contributed by atoms with Gasteiger partial charge in [0.25, 0.3) is 5.78 Å². The van der Waals surface area contributed by atoms with Crippen molar-refractivity contribution in [1.29, 1.82) is 0 Å². The maximum absolute atomic E-state index is 13.1. The lowest BCUT2D eigenvalue weighted by atomic mass is 10.1. The summed E-state index contributed by atoms with van der Waals surface area (Å²) in [4.78, 5) is 8.54. The molecule has 0 fully saturated rings. The molecular formula is C16H18FN5. The fourth-order valence-electron chi connectivity index (χ4n) is 2.37. The van der Waals surface area contributed by atoms with Crippen LogP contribution < -0.4 is 5.32 Å². The molecule has 0 aliphatic heterocycles. The third-order valence-corrected chi connectivity index (χ3v) is 3.50. The van der Waals surface area contributed by atoms with Gasteiger partial charge in [-0.05, 0) is 37.0 Å². The largest absolute Gasteiger partial charge is 0.370 e. The number of anilines is 1. The summed E-state index contributed by atoms with van der Waals surface area (Å²) in [5.74, 6) is 1.31. The molecule has 2 aromatic heterocycles. The standard InChI is InChI=1S/C16H18FN5/c1-2-14-10-15(22-16(21-14)19-11-20-22)18-8-4-6-12-5-3-7-13(17)9-12/h3,5,7,9-11,18H,2,4,6,8H2,1H3. The quantitative estimate of drug-likeness (QED) is 0.711. The zero-order chi connectivity index (χ0) is 15.4. The van der Waals surface area contributed by atoms with Crippen molar-refractivity contribution in [1.82, 2.24) is 19.6 Å². The number of hydrogen-bond donors (Lipinski definition) is 1. The molecule has 0 bridgehead atoms. The Kier molecular flexibility index (Phi) is 4.27. The summed E-state index contributed by atoms with van der Waals surface area (Å²) in [6, 6.07) is 8.72. The number of aromatic nitrogens is 4. The van der Waals surface area contributed by atoms with E-state index in [0.717, 1.165) is 42.9 Å². The molecule has 5 nitrogen and oxygen atoms in total. The molecule has 0 radical (unpaired) electrons. The summed E-state index contributed by atoms with van der Waals surface area (Å²) in [6.07, 6.45) is 4.08. The second-order valence-electron chi connectivity index (χ2n) is 5.12. The van der Waals surface area contributed by atoms with E-state index in [1.807, 2.05) is 12.1 Å². The Hall–Kier alpha value is -2.50. The van der Waals surface area contributed by atoms with Crippen molar-refractivity contribution in [3.05, 3.63) is 53.7 Å².